The van der Waals surface area contributed by atoms with E-state index in [0.717, 1.165) is 6.29 Å². The molecule has 0 saturated heterocycles. The van der Waals surface area contributed by atoms with Gasteiger partial charge in [-0.2, -0.15) is 5.10 Å². The molecular formula is C13H18N2O. The van der Waals surface area contributed by atoms with Crippen molar-refractivity contribution in [2.45, 2.75) is 56.9 Å². The Hall–Kier alpha value is -1.12. The van der Waals surface area contributed by atoms with Crippen LogP contribution in [0.3, 0.4) is 0 Å². The summed E-state index contributed by atoms with van der Waals surface area (Å²) in [5, 5.41) is 4.46. The molecule has 3 rings (SSSR count). The molecule has 0 radical (unpaired) electrons. The van der Waals surface area contributed by atoms with Crippen LogP contribution < -0.4 is 0 Å². The van der Waals surface area contributed by atoms with E-state index in [4.69, 9.17) is 0 Å². The Morgan fingerprint density at radius 1 is 1.19 bits per heavy atom. The number of hydrogen-bond donors (Lipinski definition) is 0. The van der Waals surface area contributed by atoms with Crippen LogP contribution in [-0.2, 0) is 0 Å². The van der Waals surface area contributed by atoms with Gasteiger partial charge in [0.1, 0.15) is 5.69 Å². The fraction of sp³-hybridized carbons (Fsp3) is 0.692. The predicted octanol–water partition coefficient (Wildman–Crippen LogP) is 3.08. The second kappa shape index (κ2) is 4.04. The van der Waals surface area contributed by atoms with Crippen LogP contribution in [0.5, 0.6) is 0 Å². The highest BCUT2D eigenvalue weighted by atomic mass is 16.1. The van der Waals surface area contributed by atoms with Crippen molar-refractivity contribution in [1.82, 2.24) is 9.78 Å². The van der Waals surface area contributed by atoms with Gasteiger partial charge in [-0.1, -0.05) is 19.3 Å². The number of nitrogens with zero attached hydrogens (tertiary/aromatic N) is 2. The van der Waals surface area contributed by atoms with Crippen LogP contribution in [0.1, 0.15) is 73.1 Å². The molecule has 1 aromatic rings. The molecule has 0 aliphatic heterocycles. The number of carbonyl (C=O) groups excluding carboxylic acids is 1. The summed E-state index contributed by atoms with van der Waals surface area (Å²) in [6.45, 7) is 0. The standard InChI is InChI=1S/C13H18N2O/c16-9-11-8-13(10-4-3-5-10)15(14-11)12-6-1-2-7-12/h8-10,12H,1-7H2. The minimum absolute atomic E-state index is 0.560. The molecule has 0 spiro atoms. The third kappa shape index (κ3) is 1.58. The summed E-state index contributed by atoms with van der Waals surface area (Å²) in [5.41, 5.74) is 1.94. The van der Waals surface area contributed by atoms with E-state index in [2.05, 4.69) is 9.78 Å². The molecule has 2 saturated carbocycles. The third-order valence-corrected chi connectivity index (χ3v) is 4.10. The zero-order valence-corrected chi connectivity index (χ0v) is 9.56. The summed E-state index contributed by atoms with van der Waals surface area (Å²) in [6.07, 6.45) is 9.85. The molecule has 86 valence electrons. The van der Waals surface area contributed by atoms with E-state index in [-0.39, 0.29) is 0 Å². The van der Waals surface area contributed by atoms with E-state index in [1.807, 2.05) is 6.07 Å². The van der Waals surface area contributed by atoms with Gasteiger partial charge >= 0.3 is 0 Å². The average Bonchev–Trinajstić information content (AvgIpc) is 2.81. The molecule has 0 unspecified atom stereocenters. The lowest BCUT2D eigenvalue weighted by Gasteiger charge is -2.27. The van der Waals surface area contributed by atoms with Crippen molar-refractivity contribution in [2.24, 2.45) is 0 Å². The van der Waals surface area contributed by atoms with E-state index < -0.39 is 0 Å². The highest BCUT2D eigenvalue weighted by Gasteiger charge is 2.28. The average molecular weight is 218 g/mol. The lowest BCUT2D eigenvalue weighted by atomic mass is 9.82. The summed E-state index contributed by atoms with van der Waals surface area (Å²) in [4.78, 5) is 10.8. The smallest absolute Gasteiger partial charge is 0.170 e. The van der Waals surface area contributed by atoms with Crippen LogP contribution in [0.2, 0.25) is 0 Å². The Bertz CT molecular complexity index is 387. The van der Waals surface area contributed by atoms with Crippen molar-refractivity contribution < 1.29 is 4.79 Å². The van der Waals surface area contributed by atoms with Crippen molar-refractivity contribution in [3.63, 3.8) is 0 Å². The SMILES string of the molecule is O=Cc1cc(C2CCC2)n(C2CCCC2)n1. The van der Waals surface area contributed by atoms with Gasteiger partial charge in [0.05, 0.1) is 6.04 Å². The Morgan fingerprint density at radius 2 is 1.94 bits per heavy atom. The molecule has 2 aliphatic rings. The van der Waals surface area contributed by atoms with Crippen molar-refractivity contribution >= 4 is 6.29 Å². The molecule has 0 bridgehead atoms. The fourth-order valence-corrected chi connectivity index (χ4v) is 2.94. The van der Waals surface area contributed by atoms with Gasteiger partial charge in [-0.05, 0) is 31.7 Å². The number of hydrogen-bond acceptors (Lipinski definition) is 2. The molecule has 3 heteroatoms. The predicted molar refractivity (Wildman–Crippen MR) is 61.7 cm³/mol. The Kier molecular flexibility index (Phi) is 2.54. The van der Waals surface area contributed by atoms with E-state index in [9.17, 15) is 4.79 Å². The van der Waals surface area contributed by atoms with Gasteiger partial charge < -0.3 is 0 Å². The normalized spacial score (nSPS) is 22.2. The highest BCUT2D eigenvalue weighted by molar-refractivity contribution is 5.71. The van der Waals surface area contributed by atoms with Gasteiger partial charge in [0.25, 0.3) is 0 Å². The first-order chi connectivity index (χ1) is 7.88. The van der Waals surface area contributed by atoms with Crippen LogP contribution in [-0.4, -0.2) is 16.1 Å². The Balaban J connectivity index is 1.93. The van der Waals surface area contributed by atoms with Gasteiger partial charge in [-0.3, -0.25) is 9.48 Å². The summed E-state index contributed by atoms with van der Waals surface area (Å²) in [6, 6.07) is 2.57. The van der Waals surface area contributed by atoms with Gasteiger partial charge in [0, 0.05) is 11.6 Å². The molecule has 2 fully saturated rings. The maximum Gasteiger partial charge on any atom is 0.170 e. The van der Waals surface area contributed by atoms with E-state index in [1.54, 1.807) is 0 Å². The quantitative estimate of drug-likeness (QED) is 0.731. The Labute approximate surface area is 95.8 Å². The Morgan fingerprint density at radius 3 is 2.50 bits per heavy atom. The topological polar surface area (TPSA) is 34.9 Å². The maximum atomic E-state index is 10.8. The first-order valence-corrected chi connectivity index (χ1v) is 6.43. The molecule has 3 nitrogen and oxygen atoms in total. The number of rotatable bonds is 3. The van der Waals surface area contributed by atoms with Gasteiger partial charge in [-0.15, -0.1) is 0 Å². The summed E-state index contributed by atoms with van der Waals surface area (Å²) in [5.74, 6) is 0.668. The van der Waals surface area contributed by atoms with E-state index in [1.165, 1.54) is 50.6 Å². The second-order valence-electron chi connectivity index (χ2n) is 5.12. The van der Waals surface area contributed by atoms with Crippen LogP contribution >= 0.6 is 0 Å². The zero-order chi connectivity index (χ0) is 11.0. The van der Waals surface area contributed by atoms with E-state index >= 15 is 0 Å². The minimum atomic E-state index is 0.560. The molecule has 1 heterocycles. The number of aromatic nitrogens is 2. The minimum Gasteiger partial charge on any atom is -0.296 e. The number of carbonyl (C=O) groups is 1. The summed E-state index contributed by atoms with van der Waals surface area (Å²) in [7, 11) is 0. The summed E-state index contributed by atoms with van der Waals surface area (Å²) >= 11 is 0. The molecule has 0 N–H and O–H groups in total. The highest BCUT2D eigenvalue weighted by Crippen LogP contribution is 2.39. The zero-order valence-electron chi connectivity index (χ0n) is 9.56. The molecule has 1 aromatic heterocycles. The van der Waals surface area contributed by atoms with Gasteiger partial charge in [0.15, 0.2) is 6.29 Å². The lowest BCUT2D eigenvalue weighted by molar-refractivity contribution is 0.111. The first kappa shape index (κ1) is 10.1. The molecule has 0 atom stereocenters. The van der Waals surface area contributed by atoms with Crippen molar-refractivity contribution in [3.05, 3.63) is 17.5 Å². The largest absolute Gasteiger partial charge is 0.296 e. The van der Waals surface area contributed by atoms with E-state index in [0.29, 0.717) is 17.7 Å². The fourth-order valence-electron chi connectivity index (χ4n) is 2.94. The monoisotopic (exact) mass is 218 g/mol. The van der Waals surface area contributed by atoms with Crippen LogP contribution in [0.4, 0.5) is 0 Å². The van der Waals surface area contributed by atoms with Crippen molar-refractivity contribution in [3.8, 4) is 0 Å². The van der Waals surface area contributed by atoms with Crippen LogP contribution in [0.15, 0.2) is 6.07 Å². The molecule has 2 aliphatic carbocycles. The van der Waals surface area contributed by atoms with Gasteiger partial charge in [-0.25, -0.2) is 0 Å². The molecule has 0 amide bonds. The lowest BCUT2D eigenvalue weighted by Crippen LogP contribution is -2.17. The molecule has 16 heavy (non-hydrogen) atoms. The first-order valence-electron chi connectivity index (χ1n) is 6.43. The molecule has 0 aromatic carbocycles. The maximum absolute atomic E-state index is 10.8. The van der Waals surface area contributed by atoms with Crippen molar-refractivity contribution in [1.29, 1.82) is 0 Å². The van der Waals surface area contributed by atoms with Crippen LogP contribution in [0.25, 0.3) is 0 Å². The van der Waals surface area contributed by atoms with Crippen molar-refractivity contribution in [2.75, 3.05) is 0 Å². The number of aldehydes is 1. The van der Waals surface area contributed by atoms with Gasteiger partial charge in [0.2, 0.25) is 0 Å². The van der Waals surface area contributed by atoms with Crippen LogP contribution in [0, 0.1) is 0 Å². The summed E-state index contributed by atoms with van der Waals surface area (Å²) < 4.78 is 2.17. The molecular weight excluding hydrogens is 200 g/mol. The second-order valence-corrected chi connectivity index (χ2v) is 5.12. The third-order valence-electron chi connectivity index (χ3n) is 4.10.